The predicted molar refractivity (Wildman–Crippen MR) is 51.4 cm³/mol. The van der Waals surface area contributed by atoms with Crippen molar-refractivity contribution in [2.45, 2.75) is 12.5 Å². The quantitative estimate of drug-likeness (QED) is 0.603. The van der Waals surface area contributed by atoms with Gasteiger partial charge in [0, 0.05) is 23.6 Å². The average Bonchev–Trinajstić information content (AvgIpc) is 2.18. The van der Waals surface area contributed by atoms with Crippen LogP contribution in [0.5, 0.6) is 5.75 Å². The Morgan fingerprint density at radius 3 is 3.15 bits per heavy atom. The summed E-state index contributed by atoms with van der Waals surface area (Å²) in [6, 6.07) is 5.81. The molecule has 0 unspecified atom stereocenters. The first-order valence-corrected chi connectivity index (χ1v) is 4.30. The third-order valence-electron chi connectivity index (χ3n) is 2.27. The van der Waals surface area contributed by atoms with Crippen molar-refractivity contribution in [3.63, 3.8) is 0 Å². The number of nitrogens with two attached hydrogens (primary N) is 1. The first-order valence-electron chi connectivity index (χ1n) is 4.30. The summed E-state index contributed by atoms with van der Waals surface area (Å²) in [7, 11) is 0. The molecule has 13 heavy (non-hydrogen) atoms. The maximum atomic E-state index is 5.91. The Morgan fingerprint density at radius 2 is 2.38 bits per heavy atom. The largest absolute Gasteiger partial charge is 0.493 e. The number of terminal acetylenes is 1. The molecule has 1 atom stereocenters. The number of rotatable bonds is 0. The highest BCUT2D eigenvalue weighted by molar-refractivity contribution is 5.45. The molecular formula is C11H11NO. The molecule has 2 rings (SSSR count). The van der Waals surface area contributed by atoms with Gasteiger partial charge in [-0.1, -0.05) is 12.0 Å². The SMILES string of the molecule is C#Cc1ccc2c(c1)OCC[C@H]2N. The molecule has 0 amide bonds. The third-order valence-corrected chi connectivity index (χ3v) is 2.27. The summed E-state index contributed by atoms with van der Waals surface area (Å²) in [6.45, 7) is 0.683. The Labute approximate surface area is 77.7 Å². The molecule has 0 saturated carbocycles. The van der Waals surface area contributed by atoms with Crippen LogP contribution in [0.2, 0.25) is 0 Å². The molecule has 1 heterocycles. The standard InChI is InChI=1S/C11H11NO/c1-2-8-3-4-9-10(12)5-6-13-11(9)7-8/h1,3-4,7,10H,5-6,12H2/t10-/m1/s1. The molecule has 0 radical (unpaired) electrons. The van der Waals surface area contributed by atoms with Gasteiger partial charge >= 0.3 is 0 Å². The van der Waals surface area contributed by atoms with Crippen LogP contribution in [0.15, 0.2) is 18.2 Å². The van der Waals surface area contributed by atoms with Gasteiger partial charge in [0.15, 0.2) is 0 Å². The van der Waals surface area contributed by atoms with Gasteiger partial charge in [-0.05, 0) is 12.1 Å². The molecule has 2 nitrogen and oxygen atoms in total. The van der Waals surface area contributed by atoms with Gasteiger partial charge in [0.05, 0.1) is 6.61 Å². The van der Waals surface area contributed by atoms with E-state index in [0.29, 0.717) is 6.61 Å². The summed E-state index contributed by atoms with van der Waals surface area (Å²) < 4.78 is 5.46. The van der Waals surface area contributed by atoms with E-state index in [1.54, 1.807) is 0 Å². The summed E-state index contributed by atoms with van der Waals surface area (Å²) in [5, 5.41) is 0. The lowest BCUT2D eigenvalue weighted by atomic mass is 10.00. The zero-order valence-corrected chi connectivity index (χ0v) is 7.29. The van der Waals surface area contributed by atoms with Crippen molar-refractivity contribution in [1.82, 2.24) is 0 Å². The van der Waals surface area contributed by atoms with Gasteiger partial charge in [0.25, 0.3) is 0 Å². The van der Waals surface area contributed by atoms with E-state index in [0.717, 1.165) is 23.3 Å². The lowest BCUT2D eigenvalue weighted by Gasteiger charge is -2.22. The van der Waals surface area contributed by atoms with E-state index in [1.165, 1.54) is 0 Å². The second kappa shape index (κ2) is 3.12. The molecule has 0 bridgehead atoms. The average molecular weight is 173 g/mol. The Bertz CT molecular complexity index is 365. The minimum absolute atomic E-state index is 0.0931. The molecule has 1 aliphatic rings. The number of hydrogen-bond acceptors (Lipinski definition) is 2. The molecule has 0 aliphatic carbocycles. The molecule has 0 aromatic heterocycles. The zero-order valence-electron chi connectivity index (χ0n) is 7.29. The smallest absolute Gasteiger partial charge is 0.125 e. The van der Waals surface area contributed by atoms with Gasteiger partial charge < -0.3 is 10.5 Å². The summed E-state index contributed by atoms with van der Waals surface area (Å²) >= 11 is 0. The van der Waals surface area contributed by atoms with Crippen LogP contribution in [-0.4, -0.2) is 6.61 Å². The Morgan fingerprint density at radius 1 is 1.54 bits per heavy atom. The molecule has 66 valence electrons. The first-order chi connectivity index (χ1) is 6.31. The van der Waals surface area contributed by atoms with Crippen LogP contribution in [0.3, 0.4) is 0 Å². The van der Waals surface area contributed by atoms with E-state index in [4.69, 9.17) is 16.9 Å². The van der Waals surface area contributed by atoms with Crippen molar-refractivity contribution >= 4 is 0 Å². The van der Waals surface area contributed by atoms with E-state index in [2.05, 4.69) is 5.92 Å². The fourth-order valence-corrected chi connectivity index (χ4v) is 1.51. The molecule has 1 aromatic carbocycles. The molecule has 0 spiro atoms. The molecule has 2 heteroatoms. The lowest BCUT2D eigenvalue weighted by molar-refractivity contribution is 0.269. The number of hydrogen-bond donors (Lipinski definition) is 1. The normalized spacial score (nSPS) is 19.8. The first kappa shape index (κ1) is 8.15. The van der Waals surface area contributed by atoms with Crippen LogP contribution >= 0.6 is 0 Å². The van der Waals surface area contributed by atoms with Crippen molar-refractivity contribution < 1.29 is 4.74 Å². The minimum atomic E-state index is 0.0931. The van der Waals surface area contributed by atoms with Crippen molar-refractivity contribution in [3.05, 3.63) is 29.3 Å². The van der Waals surface area contributed by atoms with Crippen molar-refractivity contribution in [1.29, 1.82) is 0 Å². The van der Waals surface area contributed by atoms with Gasteiger partial charge in [-0.15, -0.1) is 6.42 Å². The van der Waals surface area contributed by atoms with Crippen LogP contribution in [0.25, 0.3) is 0 Å². The molecular weight excluding hydrogens is 162 g/mol. The van der Waals surface area contributed by atoms with Crippen LogP contribution in [-0.2, 0) is 0 Å². The molecule has 1 aromatic rings. The fourth-order valence-electron chi connectivity index (χ4n) is 1.51. The summed E-state index contributed by atoms with van der Waals surface area (Å²) in [5.74, 6) is 3.41. The highest BCUT2D eigenvalue weighted by Gasteiger charge is 2.17. The number of fused-ring (bicyclic) bond motifs is 1. The van der Waals surface area contributed by atoms with Gasteiger partial charge in [-0.2, -0.15) is 0 Å². The second-order valence-electron chi connectivity index (χ2n) is 3.14. The molecule has 0 saturated heterocycles. The van der Waals surface area contributed by atoms with Crippen LogP contribution in [0, 0.1) is 12.3 Å². The summed E-state index contributed by atoms with van der Waals surface area (Å²) in [4.78, 5) is 0. The van der Waals surface area contributed by atoms with Crippen molar-refractivity contribution in [2.75, 3.05) is 6.61 Å². The molecule has 1 aliphatic heterocycles. The third kappa shape index (κ3) is 1.39. The highest BCUT2D eigenvalue weighted by Crippen LogP contribution is 2.30. The predicted octanol–water partition coefficient (Wildman–Crippen LogP) is 1.45. The van der Waals surface area contributed by atoms with Gasteiger partial charge in [0.2, 0.25) is 0 Å². The zero-order chi connectivity index (χ0) is 9.26. The number of ether oxygens (including phenoxy) is 1. The van der Waals surface area contributed by atoms with Crippen LogP contribution in [0.4, 0.5) is 0 Å². The Hall–Kier alpha value is -1.46. The van der Waals surface area contributed by atoms with Gasteiger partial charge in [0.1, 0.15) is 5.75 Å². The Balaban J connectivity index is 2.47. The maximum absolute atomic E-state index is 5.91. The summed E-state index contributed by atoms with van der Waals surface area (Å²) in [5.41, 5.74) is 7.81. The van der Waals surface area contributed by atoms with E-state index in [9.17, 15) is 0 Å². The maximum Gasteiger partial charge on any atom is 0.125 e. The van der Waals surface area contributed by atoms with E-state index in [1.807, 2.05) is 18.2 Å². The van der Waals surface area contributed by atoms with Crippen LogP contribution in [0.1, 0.15) is 23.6 Å². The van der Waals surface area contributed by atoms with Crippen LogP contribution < -0.4 is 10.5 Å². The minimum Gasteiger partial charge on any atom is -0.493 e. The topological polar surface area (TPSA) is 35.2 Å². The molecule has 2 N–H and O–H groups in total. The lowest BCUT2D eigenvalue weighted by Crippen LogP contribution is -2.20. The van der Waals surface area contributed by atoms with E-state index in [-0.39, 0.29) is 6.04 Å². The highest BCUT2D eigenvalue weighted by atomic mass is 16.5. The van der Waals surface area contributed by atoms with Crippen molar-refractivity contribution in [2.24, 2.45) is 5.73 Å². The van der Waals surface area contributed by atoms with Crippen molar-refractivity contribution in [3.8, 4) is 18.1 Å². The monoisotopic (exact) mass is 173 g/mol. The fraction of sp³-hybridized carbons (Fsp3) is 0.273. The number of benzene rings is 1. The second-order valence-corrected chi connectivity index (χ2v) is 3.14. The van der Waals surface area contributed by atoms with E-state index >= 15 is 0 Å². The Kier molecular flexibility index (Phi) is 1.96. The van der Waals surface area contributed by atoms with E-state index < -0.39 is 0 Å². The van der Waals surface area contributed by atoms with Gasteiger partial charge in [-0.3, -0.25) is 0 Å². The molecule has 0 fully saturated rings. The summed E-state index contributed by atoms with van der Waals surface area (Å²) in [6.07, 6.45) is 6.16. The van der Waals surface area contributed by atoms with Gasteiger partial charge in [-0.25, -0.2) is 0 Å².